The first-order valence-corrected chi connectivity index (χ1v) is 8.03. The smallest absolute Gasteiger partial charge is 0.133 e. The van der Waals surface area contributed by atoms with E-state index in [1.165, 1.54) is 57.2 Å². The van der Waals surface area contributed by atoms with Gasteiger partial charge in [-0.05, 0) is 44.4 Å². The van der Waals surface area contributed by atoms with E-state index >= 15 is 0 Å². The molecule has 4 rings (SSSR count). The normalized spacial score (nSPS) is 35.1. The lowest BCUT2D eigenvalue weighted by atomic mass is 9.89. The zero-order chi connectivity index (χ0) is 12.7. The molecule has 3 heterocycles. The van der Waals surface area contributed by atoms with Crippen LogP contribution >= 0.6 is 0 Å². The van der Waals surface area contributed by atoms with Crippen molar-refractivity contribution in [3.05, 3.63) is 12.2 Å². The lowest BCUT2D eigenvalue weighted by molar-refractivity contribution is 0.290. The Hall–Kier alpha value is -0.900. The van der Waals surface area contributed by atoms with Crippen LogP contribution in [0, 0.1) is 5.92 Å². The molecule has 2 saturated heterocycles. The van der Waals surface area contributed by atoms with Crippen LogP contribution in [-0.4, -0.2) is 26.8 Å². The number of hydrogen-bond acceptors (Lipinski definition) is 3. The van der Waals surface area contributed by atoms with Crippen molar-refractivity contribution in [2.75, 3.05) is 0 Å². The van der Waals surface area contributed by atoms with Gasteiger partial charge in [-0.15, -0.1) is 10.2 Å². The number of piperidine rings is 1. The van der Waals surface area contributed by atoms with Crippen molar-refractivity contribution in [3.8, 4) is 0 Å². The van der Waals surface area contributed by atoms with Crippen LogP contribution < -0.4 is 5.32 Å². The molecule has 1 saturated carbocycles. The lowest BCUT2D eigenvalue weighted by Gasteiger charge is -2.29. The Morgan fingerprint density at radius 3 is 2.58 bits per heavy atom. The van der Waals surface area contributed by atoms with Crippen molar-refractivity contribution in [2.45, 2.75) is 75.9 Å². The summed E-state index contributed by atoms with van der Waals surface area (Å²) < 4.78 is 2.39. The quantitative estimate of drug-likeness (QED) is 0.908. The van der Waals surface area contributed by atoms with E-state index in [9.17, 15) is 0 Å². The van der Waals surface area contributed by atoms with Gasteiger partial charge in [-0.3, -0.25) is 0 Å². The molecule has 0 aromatic carbocycles. The SMILES string of the molecule is c1nnc(CC2CC3CCC(C2)N3)n1C1CCCC1. The summed E-state index contributed by atoms with van der Waals surface area (Å²) >= 11 is 0. The summed E-state index contributed by atoms with van der Waals surface area (Å²) in [5.41, 5.74) is 0. The van der Waals surface area contributed by atoms with Crippen molar-refractivity contribution in [1.29, 1.82) is 0 Å². The van der Waals surface area contributed by atoms with E-state index in [0.717, 1.165) is 24.4 Å². The number of nitrogens with zero attached hydrogens (tertiary/aromatic N) is 3. The van der Waals surface area contributed by atoms with Gasteiger partial charge in [-0.2, -0.15) is 0 Å². The molecule has 4 heteroatoms. The largest absolute Gasteiger partial charge is 0.314 e. The number of aromatic nitrogens is 3. The Labute approximate surface area is 115 Å². The van der Waals surface area contributed by atoms with Crippen LogP contribution in [0.15, 0.2) is 6.33 Å². The third-order valence-corrected chi connectivity index (χ3v) is 5.41. The summed E-state index contributed by atoms with van der Waals surface area (Å²) in [4.78, 5) is 0. The second-order valence-electron chi connectivity index (χ2n) is 6.77. The number of nitrogens with one attached hydrogen (secondary N) is 1. The van der Waals surface area contributed by atoms with Crippen LogP contribution in [0.5, 0.6) is 0 Å². The maximum absolute atomic E-state index is 4.42. The van der Waals surface area contributed by atoms with Crippen molar-refractivity contribution < 1.29 is 0 Å². The van der Waals surface area contributed by atoms with Crippen LogP contribution in [0.1, 0.15) is 63.2 Å². The van der Waals surface area contributed by atoms with Gasteiger partial charge in [0.15, 0.2) is 0 Å². The maximum atomic E-state index is 4.42. The predicted octanol–water partition coefficient (Wildman–Crippen LogP) is 2.47. The van der Waals surface area contributed by atoms with Crippen molar-refractivity contribution in [1.82, 2.24) is 20.1 Å². The lowest BCUT2D eigenvalue weighted by Crippen LogP contribution is -2.38. The molecule has 19 heavy (non-hydrogen) atoms. The zero-order valence-electron chi connectivity index (χ0n) is 11.6. The van der Waals surface area contributed by atoms with Crippen LogP contribution in [0.3, 0.4) is 0 Å². The van der Waals surface area contributed by atoms with Gasteiger partial charge >= 0.3 is 0 Å². The number of hydrogen-bond donors (Lipinski definition) is 1. The van der Waals surface area contributed by atoms with Gasteiger partial charge in [0.1, 0.15) is 12.2 Å². The summed E-state index contributed by atoms with van der Waals surface area (Å²) in [5.74, 6) is 2.07. The average Bonchev–Trinajstić information content (AvgIpc) is 3.10. The molecule has 3 aliphatic rings. The zero-order valence-corrected chi connectivity index (χ0v) is 11.6. The standard InChI is InChI=1S/C15H24N4/c1-2-4-14(3-1)19-10-16-18-15(19)9-11-7-12-5-6-13(8-11)17-12/h10-14,17H,1-9H2. The molecule has 2 bridgehead atoms. The second kappa shape index (κ2) is 4.89. The fourth-order valence-electron chi connectivity index (χ4n) is 4.50. The highest BCUT2D eigenvalue weighted by molar-refractivity contribution is 4.98. The Balaban J connectivity index is 1.46. The summed E-state index contributed by atoms with van der Waals surface area (Å²) in [5, 5.41) is 12.3. The van der Waals surface area contributed by atoms with E-state index in [-0.39, 0.29) is 0 Å². The third-order valence-electron chi connectivity index (χ3n) is 5.41. The van der Waals surface area contributed by atoms with Gasteiger partial charge in [-0.1, -0.05) is 12.8 Å². The highest BCUT2D eigenvalue weighted by atomic mass is 15.3. The molecular weight excluding hydrogens is 236 g/mol. The van der Waals surface area contributed by atoms with Crippen LogP contribution in [-0.2, 0) is 6.42 Å². The molecule has 2 atom stereocenters. The predicted molar refractivity (Wildman–Crippen MR) is 73.9 cm³/mol. The Bertz CT molecular complexity index is 423. The number of fused-ring (bicyclic) bond motifs is 2. The molecule has 4 nitrogen and oxygen atoms in total. The average molecular weight is 260 g/mol. The van der Waals surface area contributed by atoms with Crippen LogP contribution in [0.2, 0.25) is 0 Å². The maximum Gasteiger partial charge on any atom is 0.133 e. The summed E-state index contributed by atoms with van der Waals surface area (Å²) in [6.07, 6.45) is 14.0. The molecular formula is C15H24N4. The molecule has 0 spiro atoms. The monoisotopic (exact) mass is 260 g/mol. The molecule has 1 N–H and O–H groups in total. The molecule has 2 aliphatic heterocycles. The van der Waals surface area contributed by atoms with Gasteiger partial charge in [0, 0.05) is 24.5 Å². The fraction of sp³-hybridized carbons (Fsp3) is 0.867. The molecule has 0 radical (unpaired) electrons. The van der Waals surface area contributed by atoms with Crippen molar-refractivity contribution in [3.63, 3.8) is 0 Å². The molecule has 2 unspecified atom stereocenters. The highest BCUT2D eigenvalue weighted by Crippen LogP contribution is 2.34. The van der Waals surface area contributed by atoms with E-state index in [4.69, 9.17) is 0 Å². The molecule has 0 amide bonds. The summed E-state index contributed by atoms with van der Waals surface area (Å²) in [6, 6.07) is 2.25. The Morgan fingerprint density at radius 1 is 1.11 bits per heavy atom. The molecule has 1 aromatic rings. The summed E-state index contributed by atoms with van der Waals surface area (Å²) in [7, 11) is 0. The Morgan fingerprint density at radius 2 is 1.84 bits per heavy atom. The van der Waals surface area contributed by atoms with Crippen LogP contribution in [0.25, 0.3) is 0 Å². The van der Waals surface area contributed by atoms with Gasteiger partial charge in [0.05, 0.1) is 0 Å². The molecule has 1 aliphatic carbocycles. The number of rotatable bonds is 3. The van der Waals surface area contributed by atoms with E-state index in [0.29, 0.717) is 6.04 Å². The highest BCUT2D eigenvalue weighted by Gasteiger charge is 2.34. The van der Waals surface area contributed by atoms with Gasteiger partial charge in [0.25, 0.3) is 0 Å². The summed E-state index contributed by atoms with van der Waals surface area (Å²) in [6.45, 7) is 0. The minimum Gasteiger partial charge on any atom is -0.314 e. The van der Waals surface area contributed by atoms with Gasteiger partial charge in [-0.25, -0.2) is 0 Å². The topological polar surface area (TPSA) is 42.7 Å². The van der Waals surface area contributed by atoms with Crippen molar-refractivity contribution in [2.24, 2.45) is 5.92 Å². The molecule has 1 aromatic heterocycles. The Kier molecular flexibility index (Phi) is 3.06. The first-order valence-electron chi connectivity index (χ1n) is 8.03. The van der Waals surface area contributed by atoms with Crippen molar-refractivity contribution >= 4 is 0 Å². The fourth-order valence-corrected chi connectivity index (χ4v) is 4.50. The minimum atomic E-state index is 0.684. The molecule has 104 valence electrons. The third kappa shape index (κ3) is 2.31. The van der Waals surface area contributed by atoms with E-state index in [1.807, 2.05) is 6.33 Å². The first-order chi connectivity index (χ1) is 9.38. The van der Waals surface area contributed by atoms with Gasteiger partial charge in [0.2, 0.25) is 0 Å². The second-order valence-corrected chi connectivity index (χ2v) is 6.77. The minimum absolute atomic E-state index is 0.684. The van der Waals surface area contributed by atoms with E-state index in [2.05, 4.69) is 20.1 Å². The van der Waals surface area contributed by atoms with E-state index in [1.54, 1.807) is 0 Å². The van der Waals surface area contributed by atoms with Gasteiger partial charge < -0.3 is 9.88 Å². The molecule has 3 fully saturated rings. The first kappa shape index (κ1) is 11.9. The van der Waals surface area contributed by atoms with Crippen LogP contribution in [0.4, 0.5) is 0 Å². The van der Waals surface area contributed by atoms with E-state index < -0.39 is 0 Å².